The van der Waals surface area contributed by atoms with Gasteiger partial charge in [-0.2, -0.15) is 0 Å². The molecule has 2 aliphatic heterocycles. The molecule has 1 aromatic carbocycles. The zero-order valence-corrected chi connectivity index (χ0v) is 31.7. The molecule has 1 spiro atoms. The Balaban J connectivity index is 1.63. The number of likely N-dealkylation sites (N-methyl/N-ethyl adjacent to an activating group) is 1. The van der Waals surface area contributed by atoms with Crippen LogP contribution in [0.4, 0.5) is 0 Å². The number of hydrogen-bond donors (Lipinski definition) is 3. The summed E-state index contributed by atoms with van der Waals surface area (Å²) < 4.78 is 19.3. The van der Waals surface area contributed by atoms with E-state index in [9.17, 15) is 24.6 Å². The van der Waals surface area contributed by atoms with Crippen molar-refractivity contribution in [2.75, 3.05) is 19.7 Å². The third kappa shape index (κ3) is 6.63. The first-order chi connectivity index (χ1) is 24.0. The first-order valence-electron chi connectivity index (χ1n) is 18.3. The predicted octanol–water partition coefficient (Wildman–Crippen LogP) is 7.34. The van der Waals surface area contributed by atoms with Crippen molar-refractivity contribution in [3.05, 3.63) is 74.9 Å². The fraction of sp³-hybridized carbons (Fsp3) is 0.548. The number of esters is 1. The van der Waals surface area contributed by atoms with Crippen LogP contribution in [0.25, 0.3) is 0 Å². The van der Waals surface area contributed by atoms with Crippen molar-refractivity contribution in [2.45, 2.75) is 118 Å². The molecule has 4 unspecified atom stereocenters. The third-order valence-corrected chi connectivity index (χ3v) is 10.9. The first kappa shape index (κ1) is 38.3. The average molecular weight is 702 g/mol. The van der Waals surface area contributed by atoms with Gasteiger partial charge in [-0.1, -0.05) is 54.0 Å². The lowest BCUT2D eigenvalue weighted by molar-refractivity contribution is -0.171. The van der Waals surface area contributed by atoms with Crippen LogP contribution in [0, 0.1) is 11.8 Å². The Bertz CT molecular complexity index is 1770. The third-order valence-electron chi connectivity index (χ3n) is 10.9. The maximum absolute atomic E-state index is 14.9. The maximum atomic E-state index is 14.9. The molecule has 6 rings (SSSR count). The number of aromatic hydroxyl groups is 2. The Morgan fingerprint density at radius 2 is 1.67 bits per heavy atom. The van der Waals surface area contributed by atoms with E-state index in [4.69, 9.17) is 14.2 Å². The summed E-state index contributed by atoms with van der Waals surface area (Å²) in [7, 11) is 0. The van der Waals surface area contributed by atoms with Crippen LogP contribution in [-0.2, 0) is 31.9 Å². The fourth-order valence-corrected chi connectivity index (χ4v) is 8.30. The molecular formula is C42H55NO8. The van der Waals surface area contributed by atoms with E-state index in [1.54, 1.807) is 19.1 Å². The number of hydrogen-bond acceptors (Lipinski definition) is 9. The Kier molecular flexibility index (Phi) is 10.9. The van der Waals surface area contributed by atoms with Crippen LogP contribution in [0.5, 0.6) is 17.2 Å². The van der Waals surface area contributed by atoms with Crippen LogP contribution in [0.2, 0.25) is 0 Å². The van der Waals surface area contributed by atoms with Crippen LogP contribution >= 0.6 is 0 Å². The molecule has 0 aromatic heterocycles. The number of rotatable bonds is 14. The van der Waals surface area contributed by atoms with Crippen molar-refractivity contribution in [3.63, 3.8) is 0 Å². The zero-order valence-electron chi connectivity index (χ0n) is 31.7. The molecular weight excluding hydrogens is 646 g/mol. The molecule has 2 heterocycles. The lowest BCUT2D eigenvalue weighted by atomic mass is 9.51. The molecule has 4 bridgehead atoms. The van der Waals surface area contributed by atoms with Gasteiger partial charge in [0.15, 0.2) is 22.8 Å². The van der Waals surface area contributed by atoms with Crippen molar-refractivity contribution in [1.29, 1.82) is 0 Å². The van der Waals surface area contributed by atoms with E-state index in [0.29, 0.717) is 24.1 Å². The highest BCUT2D eigenvalue weighted by atomic mass is 16.6. The number of benzene rings is 1. The van der Waals surface area contributed by atoms with Crippen LogP contribution in [-0.4, -0.2) is 64.2 Å². The second kappa shape index (κ2) is 14.6. The summed E-state index contributed by atoms with van der Waals surface area (Å²) >= 11 is 0. The molecule has 9 heteroatoms. The lowest BCUT2D eigenvalue weighted by Crippen LogP contribution is -2.72. The summed E-state index contributed by atoms with van der Waals surface area (Å²) in [5, 5.41) is 26.8. The maximum Gasteiger partial charge on any atom is 0.333 e. The van der Waals surface area contributed by atoms with E-state index in [1.165, 1.54) is 5.57 Å². The molecule has 3 aliphatic carbocycles. The molecule has 1 saturated carbocycles. The minimum atomic E-state index is -1.63. The number of nitrogens with one attached hydrogen (secondary N) is 1. The van der Waals surface area contributed by atoms with Gasteiger partial charge >= 0.3 is 5.97 Å². The van der Waals surface area contributed by atoms with E-state index in [1.807, 2.05) is 53.7 Å². The molecule has 5 aliphatic rings. The van der Waals surface area contributed by atoms with Crippen LogP contribution < -0.4 is 10.1 Å². The van der Waals surface area contributed by atoms with E-state index in [2.05, 4.69) is 25.2 Å². The van der Waals surface area contributed by atoms with E-state index in [-0.39, 0.29) is 65.6 Å². The van der Waals surface area contributed by atoms with Gasteiger partial charge in [-0.3, -0.25) is 9.59 Å². The molecule has 4 atom stereocenters. The van der Waals surface area contributed by atoms with Crippen molar-refractivity contribution in [2.24, 2.45) is 11.8 Å². The number of fused-ring (bicyclic) bond motifs is 1. The topological polar surface area (TPSA) is 131 Å². The van der Waals surface area contributed by atoms with Gasteiger partial charge in [-0.25, -0.2) is 4.79 Å². The summed E-state index contributed by atoms with van der Waals surface area (Å²) in [6.45, 7) is 18.9. The summed E-state index contributed by atoms with van der Waals surface area (Å²) in [5.74, 6) is -2.53. The van der Waals surface area contributed by atoms with E-state index < -0.39 is 40.4 Å². The molecule has 276 valence electrons. The number of allylic oxidation sites excluding steroid dienone is 7. The molecule has 2 fully saturated rings. The number of phenols is 2. The minimum Gasteiger partial charge on any atom is -0.507 e. The van der Waals surface area contributed by atoms with Gasteiger partial charge in [0.05, 0.1) is 5.60 Å². The first-order valence-corrected chi connectivity index (χ1v) is 18.3. The molecule has 1 saturated heterocycles. The molecule has 9 nitrogen and oxygen atoms in total. The molecule has 3 N–H and O–H groups in total. The monoisotopic (exact) mass is 701 g/mol. The molecule has 0 amide bonds. The van der Waals surface area contributed by atoms with Crippen LogP contribution in [0.3, 0.4) is 0 Å². The number of carbonyl (C=O) groups is 3. The van der Waals surface area contributed by atoms with Crippen molar-refractivity contribution in [3.8, 4) is 17.2 Å². The van der Waals surface area contributed by atoms with Crippen LogP contribution in [0.1, 0.15) is 109 Å². The van der Waals surface area contributed by atoms with Gasteiger partial charge < -0.3 is 29.7 Å². The standard InChI is InChI=1S/C42H55NO8/c1-10-43-20-21-49-39(48)27(7)18-19-41-38(47)28-22-31-36(46)33-35(45)29(17-15-26(6)13-11-12-24(2)3)34(44)30(16-14-25(4)5)37(33)50-42(31,41)32(23-28)40(8,9)51-41/h12,14-15,18,22,28,32,43-45H,10-11,13,16-17,19-21,23H2,1-9H3/b26-15+,27-18-. The fourth-order valence-electron chi connectivity index (χ4n) is 8.30. The summed E-state index contributed by atoms with van der Waals surface area (Å²) in [6, 6.07) is 0. The van der Waals surface area contributed by atoms with Gasteiger partial charge in [0.25, 0.3) is 0 Å². The van der Waals surface area contributed by atoms with Crippen molar-refractivity contribution in [1.82, 2.24) is 5.32 Å². The van der Waals surface area contributed by atoms with E-state index in [0.717, 1.165) is 30.5 Å². The Hall–Kier alpha value is -3.95. The van der Waals surface area contributed by atoms with Gasteiger partial charge in [-0.15, -0.1) is 0 Å². The Morgan fingerprint density at radius 1 is 0.980 bits per heavy atom. The smallest absolute Gasteiger partial charge is 0.333 e. The molecule has 1 aromatic rings. The average Bonchev–Trinajstić information content (AvgIpc) is 3.21. The van der Waals surface area contributed by atoms with Gasteiger partial charge in [0, 0.05) is 47.1 Å². The normalized spacial score (nSPS) is 25.9. The number of Topliss-reactive ketones (excluding diaryl/α,β-unsaturated/α-hetero) is 2. The SMILES string of the molecule is CCNCCOC(=O)/C(C)=C\CC12OC(C)(C)C3CC(C=C4C(=O)c5c(O)c(C/C=C(\C)CCC=C(C)C)c(O)c(CC=C(C)C)c5OC431)C2=O. The summed E-state index contributed by atoms with van der Waals surface area (Å²) in [5.41, 5.74) is 0.532. The van der Waals surface area contributed by atoms with Gasteiger partial charge in [0.1, 0.15) is 29.4 Å². The second-order valence-corrected chi connectivity index (χ2v) is 15.5. The predicted molar refractivity (Wildman–Crippen MR) is 197 cm³/mol. The van der Waals surface area contributed by atoms with E-state index >= 15 is 0 Å². The largest absolute Gasteiger partial charge is 0.507 e. The minimum absolute atomic E-state index is 0.00392. The molecule has 0 radical (unpaired) electrons. The summed E-state index contributed by atoms with van der Waals surface area (Å²) in [4.78, 5) is 42.2. The highest BCUT2D eigenvalue weighted by Gasteiger charge is 2.81. The number of ether oxygens (including phenoxy) is 3. The lowest BCUT2D eigenvalue weighted by Gasteiger charge is -2.56. The van der Waals surface area contributed by atoms with Crippen molar-refractivity contribution < 1.29 is 38.8 Å². The van der Waals surface area contributed by atoms with Gasteiger partial charge in [-0.05, 0) is 94.0 Å². The summed E-state index contributed by atoms with van der Waals surface area (Å²) in [6.07, 6.45) is 12.0. The Labute approximate surface area is 302 Å². The number of ketones is 2. The highest BCUT2D eigenvalue weighted by molar-refractivity contribution is 6.18. The highest BCUT2D eigenvalue weighted by Crippen LogP contribution is 2.68. The Morgan fingerprint density at radius 3 is 2.33 bits per heavy atom. The van der Waals surface area contributed by atoms with Crippen LogP contribution in [0.15, 0.2) is 58.2 Å². The molecule has 51 heavy (non-hydrogen) atoms. The number of carbonyl (C=O) groups excluding carboxylic acids is 3. The second-order valence-electron chi connectivity index (χ2n) is 15.5. The zero-order chi connectivity index (χ0) is 37.5. The number of phenolic OH excluding ortho intramolecular Hbond substituents is 2. The van der Waals surface area contributed by atoms with Crippen molar-refractivity contribution >= 4 is 17.5 Å². The van der Waals surface area contributed by atoms with Gasteiger partial charge in [0.2, 0.25) is 0 Å². The quantitative estimate of drug-likeness (QED) is 0.0789.